The number of methoxy groups -OCH3 is 1. The first-order chi connectivity index (χ1) is 8.24. The van der Waals surface area contributed by atoms with Gasteiger partial charge in [-0.25, -0.2) is 0 Å². The zero-order chi connectivity index (χ0) is 12.3. The van der Waals surface area contributed by atoms with Gasteiger partial charge in [-0.3, -0.25) is 0 Å². The van der Waals surface area contributed by atoms with Crippen LogP contribution in [-0.4, -0.2) is 20.3 Å². The fraction of sp³-hybridized carbons (Fsp3) is 0.538. The van der Waals surface area contributed by atoms with Crippen molar-refractivity contribution in [2.24, 2.45) is 11.7 Å². The molecule has 0 radical (unpaired) electrons. The van der Waals surface area contributed by atoms with Crippen molar-refractivity contribution in [3.63, 3.8) is 0 Å². The normalized spacial score (nSPS) is 14.8. The largest absolute Gasteiger partial charge is 0.491 e. The van der Waals surface area contributed by atoms with Gasteiger partial charge in [-0.05, 0) is 49.4 Å². The molecule has 2 rings (SSSR count). The van der Waals surface area contributed by atoms with Crippen molar-refractivity contribution in [2.45, 2.75) is 19.3 Å². The number of nitrogens with two attached hydrogens (primary N) is 1. The molecular formula is C13H18ClNO2. The SMILES string of the molecule is COc1c(Cl)cc(CCN)cc1OCC1CC1. The van der Waals surface area contributed by atoms with Gasteiger partial charge >= 0.3 is 0 Å². The zero-order valence-electron chi connectivity index (χ0n) is 10.0. The lowest BCUT2D eigenvalue weighted by Gasteiger charge is -2.13. The summed E-state index contributed by atoms with van der Waals surface area (Å²) in [5, 5.41) is 0.587. The summed E-state index contributed by atoms with van der Waals surface area (Å²) in [6, 6.07) is 3.86. The van der Waals surface area contributed by atoms with Crippen LogP contribution in [0.5, 0.6) is 11.5 Å². The maximum atomic E-state index is 6.16. The van der Waals surface area contributed by atoms with E-state index < -0.39 is 0 Å². The number of benzene rings is 1. The van der Waals surface area contributed by atoms with Gasteiger partial charge in [0.1, 0.15) is 0 Å². The van der Waals surface area contributed by atoms with Crippen molar-refractivity contribution >= 4 is 11.6 Å². The Hall–Kier alpha value is -0.930. The molecule has 17 heavy (non-hydrogen) atoms. The number of rotatable bonds is 6. The summed E-state index contributed by atoms with van der Waals surface area (Å²) in [6.45, 7) is 1.35. The van der Waals surface area contributed by atoms with Crippen molar-refractivity contribution in [3.05, 3.63) is 22.7 Å². The summed E-state index contributed by atoms with van der Waals surface area (Å²) in [6.07, 6.45) is 3.32. The molecule has 0 atom stereocenters. The molecule has 0 aromatic heterocycles. The Morgan fingerprint density at radius 3 is 2.76 bits per heavy atom. The second kappa shape index (κ2) is 5.61. The number of halogens is 1. The monoisotopic (exact) mass is 255 g/mol. The lowest BCUT2D eigenvalue weighted by molar-refractivity contribution is 0.280. The molecule has 1 aliphatic carbocycles. The lowest BCUT2D eigenvalue weighted by Crippen LogP contribution is -2.05. The molecule has 1 aromatic rings. The average molecular weight is 256 g/mol. The van der Waals surface area contributed by atoms with Crippen LogP contribution < -0.4 is 15.2 Å². The molecule has 0 aliphatic heterocycles. The van der Waals surface area contributed by atoms with Gasteiger partial charge in [0, 0.05) is 0 Å². The Kier molecular flexibility index (Phi) is 4.13. The van der Waals surface area contributed by atoms with Crippen LogP contribution >= 0.6 is 11.6 Å². The van der Waals surface area contributed by atoms with E-state index in [2.05, 4.69) is 0 Å². The summed E-state index contributed by atoms with van der Waals surface area (Å²) >= 11 is 6.16. The van der Waals surface area contributed by atoms with E-state index >= 15 is 0 Å². The Labute approximate surface area is 107 Å². The smallest absolute Gasteiger partial charge is 0.179 e. The molecule has 0 amide bonds. The molecule has 0 bridgehead atoms. The van der Waals surface area contributed by atoms with Crippen LogP contribution in [0.1, 0.15) is 18.4 Å². The molecule has 1 aliphatic rings. The first kappa shape index (κ1) is 12.5. The van der Waals surface area contributed by atoms with Gasteiger partial charge in [-0.15, -0.1) is 0 Å². The number of hydrogen-bond donors (Lipinski definition) is 1. The van der Waals surface area contributed by atoms with Gasteiger partial charge in [-0.1, -0.05) is 11.6 Å². The molecule has 94 valence electrons. The third-order valence-corrected chi connectivity index (χ3v) is 3.16. The van der Waals surface area contributed by atoms with E-state index in [4.69, 9.17) is 26.8 Å². The highest BCUT2D eigenvalue weighted by molar-refractivity contribution is 6.32. The zero-order valence-corrected chi connectivity index (χ0v) is 10.8. The minimum atomic E-state index is 0.587. The second-order valence-corrected chi connectivity index (χ2v) is 4.81. The maximum Gasteiger partial charge on any atom is 0.179 e. The third-order valence-electron chi connectivity index (χ3n) is 2.88. The van der Waals surface area contributed by atoms with Crippen LogP contribution in [0.15, 0.2) is 12.1 Å². The van der Waals surface area contributed by atoms with E-state index in [1.54, 1.807) is 7.11 Å². The molecule has 0 heterocycles. The summed E-state index contributed by atoms with van der Waals surface area (Å²) in [7, 11) is 1.60. The van der Waals surface area contributed by atoms with Gasteiger partial charge in [0.15, 0.2) is 11.5 Å². The van der Waals surface area contributed by atoms with Crippen LogP contribution in [0.25, 0.3) is 0 Å². The van der Waals surface area contributed by atoms with Crippen molar-refractivity contribution in [2.75, 3.05) is 20.3 Å². The minimum absolute atomic E-state index is 0.587. The standard InChI is InChI=1S/C13H18ClNO2/c1-16-13-11(14)6-10(4-5-15)7-12(13)17-8-9-2-3-9/h6-7,9H,2-5,8,15H2,1H3. The van der Waals surface area contributed by atoms with Crippen LogP contribution in [0, 0.1) is 5.92 Å². The van der Waals surface area contributed by atoms with Crippen LogP contribution in [0.4, 0.5) is 0 Å². The van der Waals surface area contributed by atoms with E-state index in [1.807, 2.05) is 12.1 Å². The average Bonchev–Trinajstić information content (AvgIpc) is 3.10. The highest BCUT2D eigenvalue weighted by atomic mass is 35.5. The summed E-state index contributed by atoms with van der Waals surface area (Å²) < 4.78 is 11.0. The quantitative estimate of drug-likeness (QED) is 0.850. The molecule has 1 saturated carbocycles. The highest BCUT2D eigenvalue weighted by Crippen LogP contribution is 2.38. The van der Waals surface area contributed by atoms with Crippen LogP contribution in [0.2, 0.25) is 5.02 Å². The fourth-order valence-corrected chi connectivity index (χ4v) is 2.04. The summed E-state index contributed by atoms with van der Waals surface area (Å²) in [5.41, 5.74) is 6.64. The molecule has 0 unspecified atom stereocenters. The molecular weight excluding hydrogens is 238 g/mol. The molecule has 0 saturated heterocycles. The topological polar surface area (TPSA) is 44.5 Å². The van der Waals surface area contributed by atoms with E-state index in [9.17, 15) is 0 Å². The van der Waals surface area contributed by atoms with Gasteiger partial charge in [0.25, 0.3) is 0 Å². The fourth-order valence-electron chi connectivity index (χ4n) is 1.73. The van der Waals surface area contributed by atoms with Gasteiger partial charge in [0.2, 0.25) is 0 Å². The molecule has 2 N–H and O–H groups in total. The van der Waals surface area contributed by atoms with Gasteiger partial charge < -0.3 is 15.2 Å². The van der Waals surface area contributed by atoms with Crippen molar-refractivity contribution in [1.29, 1.82) is 0 Å². The molecule has 1 fully saturated rings. The lowest BCUT2D eigenvalue weighted by atomic mass is 10.1. The minimum Gasteiger partial charge on any atom is -0.491 e. The Balaban J connectivity index is 2.17. The first-order valence-electron chi connectivity index (χ1n) is 5.94. The van der Waals surface area contributed by atoms with E-state index in [-0.39, 0.29) is 0 Å². The number of hydrogen-bond acceptors (Lipinski definition) is 3. The van der Waals surface area contributed by atoms with E-state index in [0.29, 0.717) is 23.2 Å². The third kappa shape index (κ3) is 3.27. The molecule has 0 spiro atoms. The van der Waals surface area contributed by atoms with Crippen molar-refractivity contribution < 1.29 is 9.47 Å². The maximum absolute atomic E-state index is 6.16. The Bertz CT molecular complexity index is 391. The van der Waals surface area contributed by atoms with Gasteiger partial charge in [-0.2, -0.15) is 0 Å². The van der Waals surface area contributed by atoms with Crippen LogP contribution in [0.3, 0.4) is 0 Å². The molecule has 4 heteroatoms. The predicted molar refractivity (Wildman–Crippen MR) is 69.0 cm³/mol. The summed E-state index contributed by atoms with van der Waals surface area (Å²) in [4.78, 5) is 0. The molecule has 1 aromatic carbocycles. The van der Waals surface area contributed by atoms with Crippen LogP contribution in [-0.2, 0) is 6.42 Å². The van der Waals surface area contributed by atoms with E-state index in [0.717, 1.165) is 24.3 Å². The summed E-state index contributed by atoms with van der Waals surface area (Å²) in [5.74, 6) is 2.06. The van der Waals surface area contributed by atoms with Crippen molar-refractivity contribution in [1.82, 2.24) is 0 Å². The van der Waals surface area contributed by atoms with Gasteiger partial charge in [0.05, 0.1) is 18.7 Å². The predicted octanol–water partition coefficient (Wildman–Crippen LogP) is 2.64. The second-order valence-electron chi connectivity index (χ2n) is 4.40. The Morgan fingerprint density at radius 2 is 2.18 bits per heavy atom. The van der Waals surface area contributed by atoms with E-state index in [1.165, 1.54) is 12.8 Å². The molecule has 3 nitrogen and oxygen atoms in total. The Morgan fingerprint density at radius 1 is 1.41 bits per heavy atom. The number of ether oxygens (including phenoxy) is 2. The van der Waals surface area contributed by atoms with Crippen molar-refractivity contribution in [3.8, 4) is 11.5 Å². The highest BCUT2D eigenvalue weighted by Gasteiger charge is 2.23. The first-order valence-corrected chi connectivity index (χ1v) is 6.31.